The maximum Gasteiger partial charge on any atom is 0.266 e. The summed E-state index contributed by atoms with van der Waals surface area (Å²) < 4.78 is 5.44. The number of amides is 3. The molecule has 1 fully saturated rings. The molecule has 0 aliphatic carbocycles. The highest BCUT2D eigenvalue weighted by molar-refractivity contribution is 6.34. The number of ether oxygens (including phenoxy) is 1. The fraction of sp³-hybridized carbons (Fsp3) is 0.259. The van der Waals surface area contributed by atoms with Crippen molar-refractivity contribution in [2.75, 3.05) is 37.7 Å². The average Bonchev–Trinajstić information content (AvgIpc) is 3.14. The number of pyridine rings is 1. The molecule has 5 rings (SSSR count). The van der Waals surface area contributed by atoms with Crippen LogP contribution in [0.15, 0.2) is 67.0 Å². The molecule has 0 N–H and O–H groups in total. The van der Waals surface area contributed by atoms with Gasteiger partial charge in [-0.2, -0.15) is 0 Å². The average molecular weight is 471 g/mol. The van der Waals surface area contributed by atoms with Crippen molar-refractivity contribution in [1.29, 1.82) is 0 Å². The van der Waals surface area contributed by atoms with Crippen LogP contribution in [0.3, 0.4) is 0 Å². The Bertz CT molecular complexity index is 1250. The second-order valence-electron chi connectivity index (χ2n) is 8.56. The van der Waals surface area contributed by atoms with Crippen molar-refractivity contribution in [1.82, 2.24) is 14.8 Å². The van der Waals surface area contributed by atoms with Gasteiger partial charge in [0.1, 0.15) is 5.75 Å². The van der Waals surface area contributed by atoms with E-state index in [1.807, 2.05) is 25.3 Å². The van der Waals surface area contributed by atoms with Crippen molar-refractivity contribution in [2.24, 2.45) is 0 Å². The number of aromatic nitrogens is 1. The van der Waals surface area contributed by atoms with Crippen LogP contribution in [0.25, 0.3) is 0 Å². The van der Waals surface area contributed by atoms with Gasteiger partial charge < -0.3 is 9.64 Å². The second kappa shape index (κ2) is 9.68. The number of hydrogen-bond donors (Lipinski definition) is 0. The van der Waals surface area contributed by atoms with Gasteiger partial charge in [0.25, 0.3) is 17.7 Å². The van der Waals surface area contributed by atoms with E-state index in [1.165, 1.54) is 0 Å². The van der Waals surface area contributed by atoms with Crippen LogP contribution in [0.2, 0.25) is 0 Å². The Labute approximate surface area is 203 Å². The number of benzene rings is 2. The molecule has 2 aliphatic heterocycles. The summed E-state index contributed by atoms with van der Waals surface area (Å²) in [5, 5.41) is 0. The first-order valence-corrected chi connectivity index (χ1v) is 11.7. The van der Waals surface area contributed by atoms with E-state index in [2.05, 4.69) is 9.88 Å². The Balaban J connectivity index is 1.27. The summed E-state index contributed by atoms with van der Waals surface area (Å²) >= 11 is 0. The van der Waals surface area contributed by atoms with Crippen LogP contribution < -0.4 is 9.64 Å². The van der Waals surface area contributed by atoms with E-state index in [4.69, 9.17) is 4.74 Å². The molecule has 2 aliphatic rings. The largest absolute Gasteiger partial charge is 0.494 e. The highest BCUT2D eigenvalue weighted by Crippen LogP contribution is 2.30. The van der Waals surface area contributed by atoms with Gasteiger partial charge in [0.15, 0.2) is 0 Å². The number of nitrogens with zero attached hydrogens (tertiary/aromatic N) is 4. The molecule has 0 bridgehead atoms. The van der Waals surface area contributed by atoms with Crippen LogP contribution in [-0.2, 0) is 6.54 Å². The maximum absolute atomic E-state index is 13.2. The van der Waals surface area contributed by atoms with Gasteiger partial charge in [-0.15, -0.1) is 0 Å². The van der Waals surface area contributed by atoms with Crippen molar-refractivity contribution >= 4 is 23.4 Å². The van der Waals surface area contributed by atoms with Gasteiger partial charge in [0, 0.05) is 50.7 Å². The lowest BCUT2D eigenvalue weighted by atomic mass is 10.0. The maximum atomic E-state index is 13.2. The fourth-order valence-corrected chi connectivity index (χ4v) is 4.51. The third kappa shape index (κ3) is 4.52. The smallest absolute Gasteiger partial charge is 0.266 e. The van der Waals surface area contributed by atoms with Crippen LogP contribution in [-0.4, -0.2) is 65.3 Å². The predicted molar refractivity (Wildman–Crippen MR) is 131 cm³/mol. The standard InChI is InChI=1S/C27H26N4O4/c1-2-35-22-8-6-21(7-9-22)31-26(33)23-10-5-20(16-24(23)27(31)34)25(32)30-14-12-29(13-15-30)18-19-4-3-11-28-17-19/h3-11,16-17H,2,12-15,18H2,1H3. The summed E-state index contributed by atoms with van der Waals surface area (Å²) in [4.78, 5) is 48.6. The molecule has 2 aromatic carbocycles. The van der Waals surface area contributed by atoms with E-state index >= 15 is 0 Å². The summed E-state index contributed by atoms with van der Waals surface area (Å²) in [6.07, 6.45) is 3.61. The summed E-state index contributed by atoms with van der Waals surface area (Å²) in [5.41, 5.74) is 2.59. The Kier molecular flexibility index (Phi) is 6.29. The van der Waals surface area contributed by atoms with Crippen molar-refractivity contribution < 1.29 is 19.1 Å². The molecule has 3 amide bonds. The number of carbonyl (C=O) groups excluding carboxylic acids is 3. The summed E-state index contributed by atoms with van der Waals surface area (Å²) in [6, 6.07) is 15.6. The molecular formula is C27H26N4O4. The molecule has 0 saturated carbocycles. The number of rotatable bonds is 6. The molecule has 8 nitrogen and oxygen atoms in total. The second-order valence-corrected chi connectivity index (χ2v) is 8.56. The van der Waals surface area contributed by atoms with Gasteiger partial charge in [0.2, 0.25) is 0 Å². The minimum Gasteiger partial charge on any atom is -0.494 e. The van der Waals surface area contributed by atoms with E-state index < -0.39 is 11.8 Å². The van der Waals surface area contributed by atoms with Crippen molar-refractivity contribution in [2.45, 2.75) is 13.5 Å². The zero-order valence-corrected chi connectivity index (χ0v) is 19.5. The topological polar surface area (TPSA) is 83.1 Å². The van der Waals surface area contributed by atoms with Crippen molar-refractivity contribution in [3.8, 4) is 5.75 Å². The lowest BCUT2D eigenvalue weighted by Crippen LogP contribution is -2.48. The third-order valence-electron chi connectivity index (χ3n) is 6.33. The highest BCUT2D eigenvalue weighted by Gasteiger charge is 2.37. The molecule has 3 heterocycles. The Morgan fingerprint density at radius 3 is 2.37 bits per heavy atom. The SMILES string of the molecule is CCOc1ccc(N2C(=O)c3ccc(C(=O)N4CCN(Cc5cccnc5)CC4)cc3C2=O)cc1. The third-order valence-corrected chi connectivity index (χ3v) is 6.33. The Morgan fingerprint density at radius 1 is 0.943 bits per heavy atom. The lowest BCUT2D eigenvalue weighted by Gasteiger charge is -2.34. The molecule has 0 unspecified atom stereocenters. The molecule has 0 atom stereocenters. The van der Waals surface area contributed by atoms with Crippen LogP contribution in [0, 0.1) is 0 Å². The molecule has 35 heavy (non-hydrogen) atoms. The fourth-order valence-electron chi connectivity index (χ4n) is 4.51. The molecular weight excluding hydrogens is 444 g/mol. The molecule has 0 spiro atoms. The van der Waals surface area contributed by atoms with Crippen LogP contribution >= 0.6 is 0 Å². The monoisotopic (exact) mass is 470 g/mol. The van der Waals surface area contributed by atoms with E-state index in [-0.39, 0.29) is 11.5 Å². The first-order valence-electron chi connectivity index (χ1n) is 11.7. The van der Waals surface area contributed by atoms with Gasteiger partial charge >= 0.3 is 0 Å². The van der Waals surface area contributed by atoms with Gasteiger partial charge in [-0.1, -0.05) is 6.07 Å². The van der Waals surface area contributed by atoms with E-state index in [1.54, 1.807) is 53.6 Å². The summed E-state index contributed by atoms with van der Waals surface area (Å²) in [7, 11) is 0. The zero-order chi connectivity index (χ0) is 24.4. The predicted octanol–water partition coefficient (Wildman–Crippen LogP) is 3.24. The molecule has 0 radical (unpaired) electrons. The van der Waals surface area contributed by atoms with Gasteiger partial charge in [0.05, 0.1) is 23.4 Å². The van der Waals surface area contributed by atoms with Gasteiger partial charge in [-0.3, -0.25) is 24.3 Å². The Hall–Kier alpha value is -4.04. The molecule has 1 aromatic heterocycles. The minimum atomic E-state index is -0.426. The number of piperazine rings is 1. The van der Waals surface area contributed by atoms with E-state index in [9.17, 15) is 14.4 Å². The highest BCUT2D eigenvalue weighted by atomic mass is 16.5. The molecule has 3 aromatic rings. The van der Waals surface area contributed by atoms with Crippen LogP contribution in [0.1, 0.15) is 43.6 Å². The Morgan fingerprint density at radius 2 is 1.69 bits per heavy atom. The van der Waals surface area contributed by atoms with Crippen LogP contribution in [0.4, 0.5) is 5.69 Å². The first-order chi connectivity index (χ1) is 17.0. The van der Waals surface area contributed by atoms with E-state index in [0.29, 0.717) is 42.3 Å². The molecule has 8 heteroatoms. The summed E-state index contributed by atoms with van der Waals surface area (Å²) in [6.45, 7) is 5.93. The summed E-state index contributed by atoms with van der Waals surface area (Å²) in [5.74, 6) is -0.280. The van der Waals surface area contributed by atoms with Gasteiger partial charge in [-0.25, -0.2) is 4.90 Å². The number of hydrogen-bond acceptors (Lipinski definition) is 6. The van der Waals surface area contributed by atoms with E-state index in [0.717, 1.165) is 30.1 Å². The zero-order valence-electron chi connectivity index (χ0n) is 19.5. The molecule has 178 valence electrons. The van der Waals surface area contributed by atoms with Crippen molar-refractivity contribution in [3.63, 3.8) is 0 Å². The normalized spacial score (nSPS) is 15.9. The number of fused-ring (bicyclic) bond motifs is 1. The molecule has 1 saturated heterocycles. The number of anilines is 1. The first kappa shape index (κ1) is 22.7. The minimum absolute atomic E-state index is 0.131. The van der Waals surface area contributed by atoms with Crippen LogP contribution in [0.5, 0.6) is 5.75 Å². The van der Waals surface area contributed by atoms with Gasteiger partial charge in [-0.05, 0) is 61.0 Å². The lowest BCUT2D eigenvalue weighted by molar-refractivity contribution is 0.0628. The number of imide groups is 1. The van der Waals surface area contributed by atoms with Crippen molar-refractivity contribution in [3.05, 3.63) is 89.2 Å². The quantitative estimate of drug-likeness (QED) is 0.515. The number of carbonyl (C=O) groups is 3.